The van der Waals surface area contributed by atoms with Crippen LogP contribution in [0.1, 0.15) is 134 Å². The zero-order chi connectivity index (χ0) is 94.2. The first-order chi connectivity index (χ1) is 65.3. The second-order valence-corrected chi connectivity index (χ2v) is 37.3. The summed E-state index contributed by atoms with van der Waals surface area (Å²) in [5, 5.41) is 8.04. The molecule has 0 radical (unpaired) electrons. The van der Waals surface area contributed by atoms with E-state index >= 15 is 0 Å². The number of hydrogen-bond acceptors (Lipinski definition) is 20. The lowest BCUT2D eigenvalue weighted by Gasteiger charge is -2.19. The summed E-state index contributed by atoms with van der Waals surface area (Å²) in [6.45, 7) is 37.0. The molecule has 0 saturated heterocycles. The quantitative estimate of drug-likeness (QED) is 0.0157. The van der Waals surface area contributed by atoms with E-state index < -0.39 is 0 Å². The van der Waals surface area contributed by atoms with Gasteiger partial charge in [-0.2, -0.15) is 0 Å². The van der Waals surface area contributed by atoms with Crippen LogP contribution in [-0.2, 0) is 51.9 Å². The first-order valence-corrected chi connectivity index (χ1v) is 51.0. The molecule has 0 atom stereocenters. The van der Waals surface area contributed by atoms with Gasteiger partial charge in [0.2, 0.25) is 0 Å². The normalized spacial score (nSPS) is 12.1. The second kappa shape index (κ2) is 50.3. The zero-order valence-corrected chi connectivity index (χ0v) is 83.5. The third kappa shape index (κ3) is 27.6. The average molecular weight is 1890 g/mol. The van der Waals surface area contributed by atoms with E-state index in [1.54, 1.807) is 45.3 Å². The van der Waals surface area contributed by atoms with Gasteiger partial charge in [0.1, 0.15) is 63.9 Å². The van der Waals surface area contributed by atoms with Crippen molar-refractivity contribution in [3.63, 3.8) is 0 Å². The van der Waals surface area contributed by atoms with Crippen LogP contribution in [0.15, 0.2) is 265 Å². The van der Waals surface area contributed by atoms with E-state index in [0.29, 0.717) is 43.2 Å². The van der Waals surface area contributed by atoms with Crippen molar-refractivity contribution in [2.75, 3.05) is 105 Å². The first kappa shape index (κ1) is 99.4. The Morgan fingerprint density at radius 3 is 0.873 bits per heavy atom. The number of nitrogens with two attached hydrogens (primary N) is 4. The van der Waals surface area contributed by atoms with E-state index in [1.807, 2.05) is 188 Å². The number of thioether (sulfide) groups is 1. The Labute approximate surface area is 809 Å². The minimum atomic E-state index is 0.535. The summed E-state index contributed by atoms with van der Waals surface area (Å²) in [5.74, 6) is 10.2. The Morgan fingerprint density at radius 2 is 0.597 bits per heavy atom. The van der Waals surface area contributed by atoms with Gasteiger partial charge in [-0.1, -0.05) is 121 Å². The molecular weight excluding hydrogens is 1760 g/mol. The number of hydrogen-bond donors (Lipinski definition) is 4. The van der Waals surface area contributed by atoms with E-state index in [2.05, 4.69) is 205 Å². The van der Waals surface area contributed by atoms with Crippen LogP contribution in [0.3, 0.4) is 0 Å². The number of aliphatic imine (C=N–C) groups is 4. The highest BCUT2D eigenvalue weighted by Gasteiger charge is 2.21. The molecule has 28 heteroatoms. The highest BCUT2D eigenvalue weighted by atomic mass is 32.2. The highest BCUT2D eigenvalue weighted by Crippen LogP contribution is 2.33. The van der Waals surface area contributed by atoms with Crippen molar-refractivity contribution in [3.05, 3.63) is 305 Å². The fraction of sp³-hybridized carbons (Fsp3) is 0.321. The second-order valence-electron chi connectivity index (χ2n) is 32.2. The molecule has 8 aromatic heterocycles. The molecule has 23 nitrogen and oxygen atoms in total. The van der Waals surface area contributed by atoms with Gasteiger partial charge in [0, 0.05) is 82.9 Å². The van der Waals surface area contributed by atoms with Crippen LogP contribution in [0, 0.1) is 0 Å². The molecule has 0 aliphatic heterocycles. The van der Waals surface area contributed by atoms with Gasteiger partial charge in [-0.15, -0.1) is 57.1 Å². The molecule has 0 unspecified atom stereocenters. The Balaban J connectivity index is 0.000000152. The fourth-order valence-electron chi connectivity index (χ4n) is 15.8. The topological polar surface area (TPSA) is 265 Å². The molecule has 8 aromatic carbocycles. The fourth-order valence-corrected chi connectivity index (χ4v) is 19.0. The molecule has 0 aliphatic carbocycles. The van der Waals surface area contributed by atoms with Crippen molar-refractivity contribution < 1.29 is 14.2 Å². The molecule has 16 rings (SSSR count). The number of imidazole rings is 4. The van der Waals surface area contributed by atoms with Gasteiger partial charge >= 0.3 is 0 Å². The third-order valence-electron chi connectivity index (χ3n) is 23.1. The summed E-state index contributed by atoms with van der Waals surface area (Å²) >= 11 is 8.25. The summed E-state index contributed by atoms with van der Waals surface area (Å²) in [6.07, 6.45) is 3.08. The molecule has 16 aromatic rings. The summed E-state index contributed by atoms with van der Waals surface area (Å²) in [5.41, 5.74) is 41.5. The maximum absolute atomic E-state index is 6.25. The SMILES string of the molecule is CCOc1ccc(Cc2nc3ccc(N=C(N)c4cccs4)cc3n2CCN(C)C)cc1.CCOc1ccc(Cc2nc3ccc(N=C(N)c4cccs4)cc3n2CCN(CC)CC)cc1.CCOc1ccc(Cc2nc3ccc(N=C(N)c4cccs4)cc3n2CCN(CC)CC)cc1.CCSc1ccc(Cc2nc3cc(N=C(N)c4cccs4)ccc3n2CCN(CC)CC)cc1. The Kier molecular flexibility index (Phi) is 37.3. The molecular formula is C106H128N20O3S5. The van der Waals surface area contributed by atoms with Crippen molar-refractivity contribution >= 4 is 147 Å². The predicted octanol–water partition coefficient (Wildman–Crippen LogP) is 21.8. The lowest BCUT2D eigenvalue weighted by Crippen LogP contribution is -2.27. The highest BCUT2D eigenvalue weighted by molar-refractivity contribution is 7.99. The summed E-state index contributed by atoms with van der Waals surface area (Å²) in [4.78, 5) is 53.4. The summed E-state index contributed by atoms with van der Waals surface area (Å²) in [7, 11) is 4.17. The molecule has 0 saturated carbocycles. The maximum atomic E-state index is 6.25. The van der Waals surface area contributed by atoms with Gasteiger partial charge in [-0.3, -0.25) is 0 Å². The van der Waals surface area contributed by atoms with Crippen molar-refractivity contribution in [3.8, 4) is 17.2 Å². The van der Waals surface area contributed by atoms with Crippen molar-refractivity contribution in [1.29, 1.82) is 0 Å². The molecule has 0 aliphatic rings. The number of thiophene rings is 4. The van der Waals surface area contributed by atoms with Crippen LogP contribution in [-0.4, -0.2) is 186 Å². The van der Waals surface area contributed by atoms with Gasteiger partial charge in [0.15, 0.2) is 0 Å². The largest absolute Gasteiger partial charge is 0.494 e. The molecule has 134 heavy (non-hydrogen) atoms. The lowest BCUT2D eigenvalue weighted by molar-refractivity contribution is 0.291. The zero-order valence-electron chi connectivity index (χ0n) is 79.4. The minimum Gasteiger partial charge on any atom is -0.494 e. The van der Waals surface area contributed by atoms with E-state index in [1.165, 1.54) is 27.1 Å². The minimum absolute atomic E-state index is 0.535. The number of benzene rings is 8. The van der Waals surface area contributed by atoms with Gasteiger partial charge in [0.25, 0.3) is 0 Å². The molecule has 8 heterocycles. The Hall–Kier alpha value is -12.1. The van der Waals surface area contributed by atoms with Gasteiger partial charge in [-0.25, -0.2) is 39.9 Å². The van der Waals surface area contributed by atoms with E-state index in [4.69, 9.17) is 57.1 Å². The Bertz CT molecular complexity index is 6160. The standard InChI is InChI=1S/2C27H33N5OS.C27H33N5S2.C25H29N5OS/c2*1-4-31(5-2)15-16-32-24-19-21(29-27(28)25-8-7-17-34-25)11-14-23(24)30-26(32)18-20-9-12-22(13-10-20)33-6-3;1-4-31(5-2)15-16-32-24-14-11-21(29-27(28)25-8-7-17-34-25)19-23(24)30-26(32)18-20-9-12-22(13-10-20)33-6-3;1-4-31-20-10-7-18(8-11-20)16-24-28-21-12-9-19(27-25(26)23-6-5-15-32-23)17-22(21)30(24)14-13-29(2)3/h3*7-14,17,19H,4-6,15-16,18H2,1-3H3,(H2,28,29);5-12,15,17H,4,13-14,16H2,1-3H3,(H2,26,27). The number of amidine groups is 4. The molecule has 8 N–H and O–H groups in total. The van der Waals surface area contributed by atoms with Gasteiger partial charge in [0.05, 0.1) is 106 Å². The van der Waals surface area contributed by atoms with Crippen LogP contribution in [0.2, 0.25) is 0 Å². The van der Waals surface area contributed by atoms with Crippen LogP contribution in [0.4, 0.5) is 22.7 Å². The van der Waals surface area contributed by atoms with Gasteiger partial charge < -0.3 is 75.0 Å². The summed E-state index contributed by atoms with van der Waals surface area (Å²) < 4.78 is 26.1. The predicted molar refractivity (Wildman–Crippen MR) is 567 cm³/mol. The Morgan fingerprint density at radius 1 is 0.321 bits per heavy atom. The van der Waals surface area contributed by atoms with Crippen LogP contribution in [0.5, 0.6) is 17.2 Å². The van der Waals surface area contributed by atoms with E-state index in [0.717, 1.165) is 250 Å². The van der Waals surface area contributed by atoms with Crippen molar-refractivity contribution in [2.24, 2.45) is 42.9 Å². The van der Waals surface area contributed by atoms with Crippen LogP contribution >= 0.6 is 57.1 Å². The smallest absolute Gasteiger partial charge is 0.141 e. The average Bonchev–Trinajstić information content (AvgIpc) is 1.65. The third-order valence-corrected chi connectivity index (χ3v) is 27.6. The molecule has 700 valence electrons. The number of fused-ring (bicyclic) bond motifs is 4. The number of ether oxygens (including phenoxy) is 3. The monoisotopic (exact) mass is 1890 g/mol. The summed E-state index contributed by atoms with van der Waals surface area (Å²) in [6, 6.07) is 74.3. The van der Waals surface area contributed by atoms with E-state index in [9.17, 15) is 0 Å². The number of likely N-dealkylation sites (N-methyl/N-ethyl adjacent to an activating group) is 4. The van der Waals surface area contributed by atoms with Crippen molar-refractivity contribution in [1.82, 2.24) is 57.8 Å². The maximum Gasteiger partial charge on any atom is 0.141 e. The molecule has 0 bridgehead atoms. The molecule has 0 spiro atoms. The van der Waals surface area contributed by atoms with Gasteiger partial charge in [-0.05, 0) is 269 Å². The number of nitrogens with zero attached hydrogens (tertiary/aromatic N) is 16. The van der Waals surface area contributed by atoms with E-state index in [-0.39, 0.29) is 0 Å². The lowest BCUT2D eigenvalue weighted by atomic mass is 10.1. The number of rotatable bonds is 42. The van der Waals surface area contributed by atoms with Crippen LogP contribution < -0.4 is 37.1 Å². The van der Waals surface area contributed by atoms with Crippen molar-refractivity contribution in [2.45, 2.75) is 126 Å². The van der Waals surface area contributed by atoms with Crippen LogP contribution in [0.25, 0.3) is 44.1 Å². The molecule has 0 fully saturated rings. The first-order valence-electron chi connectivity index (χ1n) is 46.5. The molecule has 0 amide bonds. The number of aromatic nitrogens is 8.